The molecule has 16 heavy (non-hydrogen) atoms. The fraction of sp³-hybridized carbons (Fsp3) is 0.200. The van der Waals surface area contributed by atoms with Gasteiger partial charge in [-0.05, 0) is 11.1 Å². The van der Waals surface area contributed by atoms with E-state index in [4.69, 9.17) is 4.74 Å². The minimum atomic E-state index is 0.326. The van der Waals surface area contributed by atoms with E-state index in [1.165, 1.54) is 11.1 Å². The topological polar surface area (TPSA) is 9.23 Å². The van der Waals surface area contributed by atoms with Gasteiger partial charge in [0.25, 0.3) is 0 Å². The van der Waals surface area contributed by atoms with Crippen molar-refractivity contribution in [3.8, 4) is 0 Å². The number of hydrogen-bond donors (Lipinski definition) is 0. The Bertz CT molecular complexity index is 368. The molecule has 0 aromatic heterocycles. The van der Waals surface area contributed by atoms with Gasteiger partial charge >= 0.3 is 0 Å². The summed E-state index contributed by atoms with van der Waals surface area (Å²) in [5.41, 5.74) is 2.60. The Hall–Kier alpha value is -1.60. The van der Waals surface area contributed by atoms with E-state index in [0.29, 0.717) is 12.5 Å². The highest BCUT2D eigenvalue weighted by molar-refractivity contribution is 5.32. The normalized spacial score (nSPS) is 10.6. The van der Waals surface area contributed by atoms with Gasteiger partial charge in [0.15, 0.2) is 0 Å². The summed E-state index contributed by atoms with van der Waals surface area (Å²) in [6.07, 6.45) is 0. The molecule has 0 unspecified atom stereocenters. The summed E-state index contributed by atoms with van der Waals surface area (Å²) in [4.78, 5) is 0. The summed E-state index contributed by atoms with van der Waals surface area (Å²) in [5.74, 6) is 0.326. The van der Waals surface area contributed by atoms with E-state index < -0.39 is 0 Å². The van der Waals surface area contributed by atoms with Gasteiger partial charge in [0.1, 0.15) is 0 Å². The van der Waals surface area contributed by atoms with Crippen LogP contribution in [-0.2, 0) is 4.74 Å². The molecule has 0 aliphatic heterocycles. The van der Waals surface area contributed by atoms with Gasteiger partial charge in [-0.25, -0.2) is 0 Å². The highest BCUT2D eigenvalue weighted by Gasteiger charge is 2.12. The van der Waals surface area contributed by atoms with Crippen molar-refractivity contribution < 1.29 is 4.74 Å². The molecule has 2 aromatic carbocycles. The van der Waals surface area contributed by atoms with Crippen molar-refractivity contribution in [2.24, 2.45) is 0 Å². The summed E-state index contributed by atoms with van der Waals surface area (Å²) in [6.45, 7) is 0.716. The highest BCUT2D eigenvalue weighted by atomic mass is 16.5. The Morgan fingerprint density at radius 2 is 1.25 bits per heavy atom. The Morgan fingerprint density at radius 3 is 1.62 bits per heavy atom. The van der Waals surface area contributed by atoms with Gasteiger partial charge in [-0.15, -0.1) is 0 Å². The van der Waals surface area contributed by atoms with Crippen LogP contribution in [0.3, 0.4) is 0 Å². The maximum Gasteiger partial charge on any atom is 0.0571 e. The van der Waals surface area contributed by atoms with Crippen molar-refractivity contribution in [3.63, 3.8) is 0 Å². The van der Waals surface area contributed by atoms with Crippen LogP contribution in [0.2, 0.25) is 0 Å². The van der Waals surface area contributed by atoms with Gasteiger partial charge in [-0.1, -0.05) is 60.7 Å². The van der Waals surface area contributed by atoms with E-state index in [2.05, 4.69) is 48.5 Å². The van der Waals surface area contributed by atoms with Crippen molar-refractivity contribution >= 4 is 0 Å². The number of benzene rings is 2. The first-order valence-electron chi connectivity index (χ1n) is 5.50. The largest absolute Gasteiger partial charge is 0.384 e. The standard InChI is InChI=1S/C15H16O/c1-16-12-15(13-8-4-2-5-9-13)14-10-6-3-7-11-14/h2-11,15H,12H2,1H3. The first kappa shape index (κ1) is 10.9. The smallest absolute Gasteiger partial charge is 0.0571 e. The van der Waals surface area contributed by atoms with Crippen LogP contribution in [0, 0.1) is 0 Å². The number of hydrogen-bond acceptors (Lipinski definition) is 1. The molecule has 2 rings (SSSR count). The minimum Gasteiger partial charge on any atom is -0.384 e. The molecular formula is C15H16O. The highest BCUT2D eigenvalue weighted by Crippen LogP contribution is 2.24. The zero-order chi connectivity index (χ0) is 11.2. The first-order chi connectivity index (χ1) is 7.92. The third kappa shape index (κ3) is 2.50. The third-order valence-corrected chi connectivity index (χ3v) is 2.74. The van der Waals surface area contributed by atoms with Crippen LogP contribution in [0.15, 0.2) is 60.7 Å². The average Bonchev–Trinajstić information content (AvgIpc) is 2.38. The van der Waals surface area contributed by atoms with E-state index in [9.17, 15) is 0 Å². The molecule has 0 aliphatic carbocycles. The lowest BCUT2D eigenvalue weighted by Gasteiger charge is -2.16. The SMILES string of the molecule is COCC(c1ccccc1)c1ccccc1. The van der Waals surface area contributed by atoms with Gasteiger partial charge in [0.2, 0.25) is 0 Å². The van der Waals surface area contributed by atoms with Gasteiger partial charge in [-0.2, -0.15) is 0 Å². The molecular weight excluding hydrogens is 196 g/mol. The lowest BCUT2D eigenvalue weighted by molar-refractivity contribution is 0.189. The van der Waals surface area contributed by atoms with E-state index in [-0.39, 0.29) is 0 Å². The molecule has 1 heteroatoms. The third-order valence-electron chi connectivity index (χ3n) is 2.74. The van der Waals surface area contributed by atoms with Crippen molar-refractivity contribution in [3.05, 3.63) is 71.8 Å². The lowest BCUT2D eigenvalue weighted by atomic mass is 9.92. The molecule has 0 N–H and O–H groups in total. The molecule has 2 aromatic rings. The molecule has 0 amide bonds. The van der Waals surface area contributed by atoms with Gasteiger partial charge < -0.3 is 4.74 Å². The first-order valence-corrected chi connectivity index (χ1v) is 5.50. The molecule has 0 heterocycles. The minimum absolute atomic E-state index is 0.326. The Labute approximate surface area is 96.7 Å². The van der Waals surface area contributed by atoms with E-state index in [0.717, 1.165) is 0 Å². The maximum atomic E-state index is 5.31. The molecule has 0 atom stereocenters. The summed E-state index contributed by atoms with van der Waals surface area (Å²) < 4.78 is 5.31. The Morgan fingerprint density at radius 1 is 0.812 bits per heavy atom. The molecule has 1 nitrogen and oxygen atoms in total. The molecule has 0 saturated carbocycles. The fourth-order valence-corrected chi connectivity index (χ4v) is 1.92. The van der Waals surface area contributed by atoms with Crippen LogP contribution in [0.4, 0.5) is 0 Å². The van der Waals surface area contributed by atoms with Crippen LogP contribution >= 0.6 is 0 Å². The number of methoxy groups -OCH3 is 1. The molecule has 0 aliphatic rings. The van der Waals surface area contributed by atoms with Crippen LogP contribution in [0.1, 0.15) is 17.0 Å². The summed E-state index contributed by atoms with van der Waals surface area (Å²) in [6, 6.07) is 21.0. The molecule has 0 spiro atoms. The lowest BCUT2D eigenvalue weighted by Crippen LogP contribution is -2.07. The molecule has 0 bridgehead atoms. The zero-order valence-corrected chi connectivity index (χ0v) is 9.47. The Kier molecular flexibility index (Phi) is 3.73. The summed E-state index contributed by atoms with van der Waals surface area (Å²) in [5, 5.41) is 0. The maximum absolute atomic E-state index is 5.31. The molecule has 0 fully saturated rings. The van der Waals surface area contributed by atoms with Crippen LogP contribution < -0.4 is 0 Å². The van der Waals surface area contributed by atoms with Crippen molar-refractivity contribution in [2.75, 3.05) is 13.7 Å². The molecule has 0 radical (unpaired) electrons. The van der Waals surface area contributed by atoms with Crippen LogP contribution in [0.25, 0.3) is 0 Å². The van der Waals surface area contributed by atoms with Crippen molar-refractivity contribution in [1.29, 1.82) is 0 Å². The van der Waals surface area contributed by atoms with Gasteiger partial charge in [-0.3, -0.25) is 0 Å². The number of rotatable bonds is 4. The monoisotopic (exact) mass is 212 g/mol. The Balaban J connectivity index is 2.31. The van der Waals surface area contributed by atoms with Crippen molar-refractivity contribution in [1.82, 2.24) is 0 Å². The summed E-state index contributed by atoms with van der Waals surface area (Å²) >= 11 is 0. The predicted octanol–water partition coefficient (Wildman–Crippen LogP) is 3.46. The zero-order valence-electron chi connectivity index (χ0n) is 9.47. The van der Waals surface area contributed by atoms with E-state index in [1.54, 1.807) is 7.11 Å². The predicted molar refractivity (Wildman–Crippen MR) is 66.6 cm³/mol. The van der Waals surface area contributed by atoms with Crippen LogP contribution in [0.5, 0.6) is 0 Å². The van der Waals surface area contributed by atoms with Crippen LogP contribution in [-0.4, -0.2) is 13.7 Å². The van der Waals surface area contributed by atoms with Gasteiger partial charge in [0.05, 0.1) is 6.61 Å². The second-order valence-corrected chi connectivity index (χ2v) is 3.83. The van der Waals surface area contributed by atoms with Gasteiger partial charge in [0, 0.05) is 13.0 Å². The quantitative estimate of drug-likeness (QED) is 0.754. The van der Waals surface area contributed by atoms with E-state index in [1.807, 2.05) is 12.1 Å². The second-order valence-electron chi connectivity index (χ2n) is 3.83. The summed E-state index contributed by atoms with van der Waals surface area (Å²) in [7, 11) is 1.75. The second kappa shape index (κ2) is 5.47. The molecule has 0 saturated heterocycles. The number of ether oxygens (including phenoxy) is 1. The average molecular weight is 212 g/mol. The van der Waals surface area contributed by atoms with Crippen molar-refractivity contribution in [2.45, 2.75) is 5.92 Å². The van der Waals surface area contributed by atoms with E-state index >= 15 is 0 Å². The fourth-order valence-electron chi connectivity index (χ4n) is 1.92. The molecule has 82 valence electrons.